The maximum atomic E-state index is 13.5. The van der Waals surface area contributed by atoms with E-state index in [2.05, 4.69) is 5.32 Å². The molecular formula is C15H19F2N. The second kappa shape index (κ2) is 4.96. The topological polar surface area (TPSA) is 12.0 Å². The number of benzene rings is 1. The van der Waals surface area contributed by atoms with Crippen molar-refractivity contribution in [3.8, 4) is 0 Å². The number of fused-ring (bicyclic) bond motifs is 1. The molecule has 3 atom stereocenters. The van der Waals surface area contributed by atoms with Crippen LogP contribution >= 0.6 is 0 Å². The van der Waals surface area contributed by atoms with Crippen LogP contribution in [0.5, 0.6) is 0 Å². The average Bonchev–Trinajstić information content (AvgIpc) is 2.92. The fourth-order valence-electron chi connectivity index (χ4n) is 3.69. The monoisotopic (exact) mass is 251 g/mol. The Morgan fingerprint density at radius 1 is 1.17 bits per heavy atom. The van der Waals surface area contributed by atoms with Crippen molar-refractivity contribution < 1.29 is 8.78 Å². The summed E-state index contributed by atoms with van der Waals surface area (Å²) in [6.45, 7) is 1.09. The Bertz CT molecular complexity index is 412. The Hall–Kier alpha value is -0.960. The molecule has 0 amide bonds. The van der Waals surface area contributed by atoms with Crippen LogP contribution in [0.15, 0.2) is 18.2 Å². The maximum absolute atomic E-state index is 13.5. The van der Waals surface area contributed by atoms with Crippen molar-refractivity contribution in [3.63, 3.8) is 0 Å². The molecule has 1 aromatic carbocycles. The smallest absolute Gasteiger partial charge is 0.129 e. The molecule has 1 aromatic rings. The van der Waals surface area contributed by atoms with Crippen LogP contribution in [0.25, 0.3) is 0 Å². The number of hydrogen-bond donors (Lipinski definition) is 1. The number of rotatable bonds is 3. The summed E-state index contributed by atoms with van der Waals surface area (Å²) < 4.78 is 27.1. The van der Waals surface area contributed by atoms with Crippen LogP contribution in [-0.2, 0) is 6.42 Å². The molecule has 98 valence electrons. The molecule has 0 bridgehead atoms. The van der Waals surface area contributed by atoms with Gasteiger partial charge in [-0.2, -0.15) is 0 Å². The van der Waals surface area contributed by atoms with Gasteiger partial charge < -0.3 is 5.32 Å². The van der Waals surface area contributed by atoms with E-state index in [1.165, 1.54) is 37.5 Å². The molecule has 1 aliphatic carbocycles. The Labute approximate surface area is 107 Å². The van der Waals surface area contributed by atoms with E-state index < -0.39 is 11.6 Å². The molecular weight excluding hydrogens is 232 g/mol. The van der Waals surface area contributed by atoms with Crippen LogP contribution in [-0.4, -0.2) is 12.6 Å². The highest BCUT2D eigenvalue weighted by molar-refractivity contribution is 5.20. The van der Waals surface area contributed by atoms with Crippen LogP contribution in [0.3, 0.4) is 0 Å². The highest BCUT2D eigenvalue weighted by atomic mass is 19.1. The molecule has 0 aromatic heterocycles. The summed E-state index contributed by atoms with van der Waals surface area (Å²) in [7, 11) is 0. The van der Waals surface area contributed by atoms with Gasteiger partial charge in [-0.3, -0.25) is 0 Å². The first-order chi connectivity index (χ1) is 8.75. The quantitative estimate of drug-likeness (QED) is 0.869. The predicted octanol–water partition coefficient (Wildman–Crippen LogP) is 3.29. The second-order valence-corrected chi connectivity index (χ2v) is 5.61. The third kappa shape index (κ3) is 2.16. The van der Waals surface area contributed by atoms with Gasteiger partial charge in [0, 0.05) is 11.6 Å². The molecule has 1 N–H and O–H groups in total. The van der Waals surface area contributed by atoms with Crippen molar-refractivity contribution in [1.29, 1.82) is 0 Å². The minimum Gasteiger partial charge on any atom is -0.313 e. The fraction of sp³-hybridized carbons (Fsp3) is 0.600. The van der Waals surface area contributed by atoms with Crippen LogP contribution in [0.2, 0.25) is 0 Å². The van der Waals surface area contributed by atoms with E-state index in [9.17, 15) is 8.78 Å². The molecule has 3 heteroatoms. The summed E-state index contributed by atoms with van der Waals surface area (Å²) in [5.74, 6) is 0.729. The molecule has 1 saturated heterocycles. The highest BCUT2D eigenvalue weighted by Gasteiger charge is 2.38. The van der Waals surface area contributed by atoms with Crippen molar-refractivity contribution >= 4 is 0 Å². The van der Waals surface area contributed by atoms with Crippen molar-refractivity contribution in [1.82, 2.24) is 5.32 Å². The molecule has 1 saturated carbocycles. The van der Waals surface area contributed by atoms with Gasteiger partial charge in [-0.05, 0) is 56.2 Å². The number of hydrogen-bond acceptors (Lipinski definition) is 1. The summed E-state index contributed by atoms with van der Waals surface area (Å²) in [6, 6.07) is 4.57. The lowest BCUT2D eigenvalue weighted by Gasteiger charge is -2.18. The van der Waals surface area contributed by atoms with Crippen molar-refractivity contribution in [2.45, 2.75) is 38.1 Å². The summed E-state index contributed by atoms with van der Waals surface area (Å²) in [6.07, 6.45) is 5.27. The van der Waals surface area contributed by atoms with Gasteiger partial charge in [0.1, 0.15) is 11.6 Å². The Morgan fingerprint density at radius 3 is 2.72 bits per heavy atom. The van der Waals surface area contributed by atoms with Crippen LogP contribution in [0, 0.1) is 23.5 Å². The Morgan fingerprint density at radius 2 is 1.94 bits per heavy atom. The van der Waals surface area contributed by atoms with E-state index in [1.807, 2.05) is 0 Å². The fourth-order valence-corrected chi connectivity index (χ4v) is 3.69. The first kappa shape index (κ1) is 12.1. The van der Waals surface area contributed by atoms with Gasteiger partial charge in [-0.15, -0.1) is 0 Å². The standard InChI is InChI=1S/C15H19F2N/c16-13-5-2-6-14(17)12(13)7-8-15-11-4-1-3-10(11)9-18-15/h2,5-6,10-11,15,18H,1,3-4,7-9H2. The normalized spacial score (nSPS) is 30.7. The lowest BCUT2D eigenvalue weighted by Crippen LogP contribution is -2.27. The Balaban J connectivity index is 1.64. The lowest BCUT2D eigenvalue weighted by atomic mass is 9.90. The molecule has 2 aliphatic rings. The van der Waals surface area contributed by atoms with E-state index in [-0.39, 0.29) is 5.56 Å². The van der Waals surface area contributed by atoms with Crippen molar-refractivity contribution in [2.75, 3.05) is 6.54 Å². The van der Waals surface area contributed by atoms with Gasteiger partial charge in [0.05, 0.1) is 0 Å². The summed E-state index contributed by atoms with van der Waals surface area (Å²) in [5.41, 5.74) is 0.251. The predicted molar refractivity (Wildman–Crippen MR) is 67.3 cm³/mol. The molecule has 0 spiro atoms. The molecule has 18 heavy (non-hydrogen) atoms. The zero-order valence-corrected chi connectivity index (χ0v) is 10.5. The van der Waals surface area contributed by atoms with E-state index >= 15 is 0 Å². The van der Waals surface area contributed by atoms with Gasteiger partial charge in [0.25, 0.3) is 0 Å². The van der Waals surface area contributed by atoms with Gasteiger partial charge >= 0.3 is 0 Å². The van der Waals surface area contributed by atoms with E-state index in [4.69, 9.17) is 0 Å². The third-order valence-corrected chi connectivity index (χ3v) is 4.64. The highest BCUT2D eigenvalue weighted by Crippen LogP contribution is 2.39. The summed E-state index contributed by atoms with van der Waals surface area (Å²) in [5, 5.41) is 3.52. The van der Waals surface area contributed by atoms with Gasteiger partial charge in [0.2, 0.25) is 0 Å². The van der Waals surface area contributed by atoms with E-state index in [0.717, 1.165) is 24.8 Å². The lowest BCUT2D eigenvalue weighted by molar-refractivity contribution is 0.389. The molecule has 3 rings (SSSR count). The molecule has 1 aliphatic heterocycles. The first-order valence-electron chi connectivity index (χ1n) is 6.92. The van der Waals surface area contributed by atoms with Crippen LogP contribution < -0.4 is 5.32 Å². The molecule has 2 fully saturated rings. The summed E-state index contributed by atoms with van der Waals surface area (Å²) in [4.78, 5) is 0. The number of halogens is 2. The zero-order valence-electron chi connectivity index (χ0n) is 10.5. The minimum atomic E-state index is -0.407. The maximum Gasteiger partial charge on any atom is 0.129 e. The average molecular weight is 251 g/mol. The molecule has 1 nitrogen and oxygen atoms in total. The SMILES string of the molecule is Fc1cccc(F)c1CCC1NCC2CCCC21. The van der Waals surface area contributed by atoms with Gasteiger partial charge in [0.15, 0.2) is 0 Å². The first-order valence-corrected chi connectivity index (χ1v) is 6.92. The minimum absolute atomic E-state index is 0.251. The van der Waals surface area contributed by atoms with Crippen LogP contribution in [0.4, 0.5) is 8.78 Å². The number of nitrogens with one attached hydrogen (secondary N) is 1. The van der Waals surface area contributed by atoms with E-state index in [0.29, 0.717) is 12.5 Å². The zero-order chi connectivity index (χ0) is 12.5. The largest absolute Gasteiger partial charge is 0.313 e. The van der Waals surface area contributed by atoms with Gasteiger partial charge in [-0.25, -0.2) is 8.78 Å². The summed E-state index contributed by atoms with van der Waals surface area (Å²) >= 11 is 0. The second-order valence-electron chi connectivity index (χ2n) is 5.61. The molecule has 3 unspecified atom stereocenters. The van der Waals surface area contributed by atoms with E-state index in [1.54, 1.807) is 0 Å². The van der Waals surface area contributed by atoms with Crippen molar-refractivity contribution in [2.24, 2.45) is 11.8 Å². The third-order valence-electron chi connectivity index (χ3n) is 4.64. The van der Waals surface area contributed by atoms with Gasteiger partial charge in [-0.1, -0.05) is 12.5 Å². The molecule has 1 heterocycles. The van der Waals surface area contributed by atoms with Crippen LogP contribution in [0.1, 0.15) is 31.2 Å². The van der Waals surface area contributed by atoms with Crippen molar-refractivity contribution in [3.05, 3.63) is 35.4 Å². The molecule has 0 radical (unpaired) electrons. The Kier molecular flexibility index (Phi) is 3.33.